The summed E-state index contributed by atoms with van der Waals surface area (Å²) in [6, 6.07) is 15.0. The molecule has 0 aliphatic heterocycles. The van der Waals surface area contributed by atoms with Gasteiger partial charge in [0.2, 0.25) is 5.13 Å². The highest BCUT2D eigenvalue weighted by molar-refractivity contribution is 7.13. The predicted octanol–water partition coefficient (Wildman–Crippen LogP) is 4.51. The van der Waals surface area contributed by atoms with Crippen molar-refractivity contribution in [1.29, 1.82) is 0 Å². The number of carbonyl (C=O) groups is 1. The first kappa shape index (κ1) is 21.4. The van der Waals surface area contributed by atoms with Crippen molar-refractivity contribution in [2.24, 2.45) is 0 Å². The van der Waals surface area contributed by atoms with Crippen LogP contribution in [0.2, 0.25) is 0 Å². The normalized spacial score (nSPS) is 10.8. The Morgan fingerprint density at radius 2 is 1.91 bits per heavy atom. The van der Waals surface area contributed by atoms with Gasteiger partial charge in [-0.05, 0) is 47.5 Å². The molecule has 3 heterocycles. The quantitative estimate of drug-likeness (QED) is 0.373. The first-order valence-corrected chi connectivity index (χ1v) is 11.2. The number of nitrogens with zero attached hydrogens (tertiary/aromatic N) is 5. The Morgan fingerprint density at radius 1 is 1.03 bits per heavy atom. The number of fused-ring (bicyclic) bond motifs is 1. The van der Waals surface area contributed by atoms with Gasteiger partial charge in [-0.2, -0.15) is 0 Å². The summed E-state index contributed by atoms with van der Waals surface area (Å²) in [7, 11) is 3.42. The number of ether oxygens (including phenoxy) is 1. The lowest BCUT2D eigenvalue weighted by molar-refractivity contribution is 0.102. The van der Waals surface area contributed by atoms with Gasteiger partial charge in [-0.25, -0.2) is 9.97 Å². The van der Waals surface area contributed by atoms with Gasteiger partial charge < -0.3 is 10.1 Å². The maximum atomic E-state index is 12.7. The first-order chi connectivity index (χ1) is 16.7. The smallest absolute Gasteiger partial charge is 0.257 e. The Labute approximate surface area is 198 Å². The summed E-state index contributed by atoms with van der Waals surface area (Å²) < 4.78 is 5.70. The maximum absolute atomic E-state index is 12.7. The van der Waals surface area contributed by atoms with Crippen LogP contribution >= 0.6 is 11.3 Å². The van der Waals surface area contributed by atoms with E-state index < -0.39 is 0 Å². The van der Waals surface area contributed by atoms with E-state index in [1.54, 1.807) is 31.1 Å². The molecule has 9 nitrogen and oxygen atoms in total. The third-order valence-electron chi connectivity index (χ3n) is 5.18. The fraction of sp³-hybridized carbons (Fsp3) is 0.0833. The Kier molecular flexibility index (Phi) is 5.79. The van der Waals surface area contributed by atoms with Crippen LogP contribution in [0.3, 0.4) is 0 Å². The molecular formula is C24H19N7O2S. The van der Waals surface area contributed by atoms with E-state index in [2.05, 4.69) is 25.8 Å². The number of pyridine rings is 1. The van der Waals surface area contributed by atoms with Crippen molar-refractivity contribution in [3.8, 4) is 28.3 Å². The second kappa shape index (κ2) is 9.20. The van der Waals surface area contributed by atoms with Crippen LogP contribution in [-0.2, 0) is 0 Å². The van der Waals surface area contributed by atoms with Crippen LogP contribution in [0, 0.1) is 0 Å². The van der Waals surface area contributed by atoms with E-state index in [-0.39, 0.29) is 5.91 Å². The molecule has 2 aromatic carbocycles. The van der Waals surface area contributed by atoms with Crippen molar-refractivity contribution < 1.29 is 9.53 Å². The molecule has 0 unspecified atom stereocenters. The van der Waals surface area contributed by atoms with E-state index in [0.29, 0.717) is 33.6 Å². The van der Waals surface area contributed by atoms with E-state index in [4.69, 9.17) is 14.7 Å². The van der Waals surface area contributed by atoms with Gasteiger partial charge >= 0.3 is 0 Å². The third-order valence-corrected chi connectivity index (χ3v) is 5.79. The van der Waals surface area contributed by atoms with E-state index in [0.717, 1.165) is 22.1 Å². The Morgan fingerprint density at radius 3 is 2.65 bits per heavy atom. The van der Waals surface area contributed by atoms with Crippen LogP contribution in [0.15, 0.2) is 66.4 Å². The molecule has 10 heteroatoms. The summed E-state index contributed by atoms with van der Waals surface area (Å²) in [5.74, 6) is 1.55. The molecule has 0 fully saturated rings. The lowest BCUT2D eigenvalue weighted by atomic mass is 10.00. The zero-order valence-corrected chi connectivity index (χ0v) is 19.1. The molecule has 168 valence electrons. The number of methoxy groups -OCH3 is 1. The highest BCUT2D eigenvalue weighted by Gasteiger charge is 2.16. The SMILES string of the molecule is CNc1nc(-c2cccnc2)nc2c(OC)cc(-c3cccc(C(=O)Nc4nncs4)c3)cc12. The molecule has 5 rings (SSSR count). The fourth-order valence-corrected chi connectivity index (χ4v) is 4.01. The number of aromatic nitrogens is 5. The molecule has 5 aromatic rings. The third kappa shape index (κ3) is 4.14. The standard InChI is InChI=1S/C24H19N7O2S/c1-25-22-18-10-17(14-5-3-6-15(9-14)23(32)30-24-31-27-13-34-24)11-19(33-2)20(18)28-21(29-22)16-7-4-8-26-12-16/h3-13H,1-2H3,(H,25,28,29)(H,30,31,32). The van der Waals surface area contributed by atoms with Crippen LogP contribution < -0.4 is 15.4 Å². The number of benzene rings is 2. The van der Waals surface area contributed by atoms with Crippen LogP contribution in [-0.4, -0.2) is 45.2 Å². The van der Waals surface area contributed by atoms with Crippen molar-refractivity contribution in [2.45, 2.75) is 0 Å². The highest BCUT2D eigenvalue weighted by atomic mass is 32.1. The monoisotopic (exact) mass is 469 g/mol. The van der Waals surface area contributed by atoms with Gasteiger partial charge in [-0.1, -0.05) is 23.5 Å². The van der Waals surface area contributed by atoms with Gasteiger partial charge in [0.15, 0.2) is 5.82 Å². The minimum atomic E-state index is -0.258. The maximum Gasteiger partial charge on any atom is 0.257 e. The molecule has 0 atom stereocenters. The first-order valence-electron chi connectivity index (χ1n) is 10.3. The Hall–Kier alpha value is -4.44. The Balaban J connectivity index is 1.59. The minimum Gasteiger partial charge on any atom is -0.494 e. The van der Waals surface area contributed by atoms with Gasteiger partial charge in [0, 0.05) is 36.0 Å². The molecule has 0 bridgehead atoms. The molecule has 1 amide bonds. The van der Waals surface area contributed by atoms with E-state index in [1.165, 1.54) is 11.3 Å². The summed E-state index contributed by atoms with van der Waals surface area (Å²) in [6.07, 6.45) is 3.43. The largest absolute Gasteiger partial charge is 0.494 e. The summed E-state index contributed by atoms with van der Waals surface area (Å²) >= 11 is 1.26. The van der Waals surface area contributed by atoms with Crippen molar-refractivity contribution in [2.75, 3.05) is 24.8 Å². The van der Waals surface area contributed by atoms with Crippen molar-refractivity contribution in [1.82, 2.24) is 25.1 Å². The van der Waals surface area contributed by atoms with E-state index >= 15 is 0 Å². The fourth-order valence-electron chi connectivity index (χ4n) is 3.57. The van der Waals surface area contributed by atoms with Crippen molar-refractivity contribution >= 4 is 39.1 Å². The predicted molar refractivity (Wildman–Crippen MR) is 132 cm³/mol. The second-order valence-electron chi connectivity index (χ2n) is 7.24. The topological polar surface area (TPSA) is 115 Å². The van der Waals surface area contributed by atoms with E-state index in [9.17, 15) is 4.79 Å². The van der Waals surface area contributed by atoms with Gasteiger partial charge in [0.05, 0.1) is 7.11 Å². The zero-order valence-electron chi connectivity index (χ0n) is 18.3. The average molecular weight is 470 g/mol. The number of amides is 1. The van der Waals surface area contributed by atoms with Gasteiger partial charge in [0.25, 0.3) is 5.91 Å². The number of hydrogen-bond donors (Lipinski definition) is 2. The van der Waals surface area contributed by atoms with Crippen LogP contribution in [0.25, 0.3) is 33.4 Å². The highest BCUT2D eigenvalue weighted by Crippen LogP contribution is 2.36. The second-order valence-corrected chi connectivity index (χ2v) is 8.07. The summed E-state index contributed by atoms with van der Waals surface area (Å²) in [6.45, 7) is 0. The van der Waals surface area contributed by atoms with Crippen molar-refractivity contribution in [3.05, 3.63) is 72.0 Å². The van der Waals surface area contributed by atoms with Gasteiger partial charge in [0.1, 0.15) is 22.6 Å². The molecule has 0 aliphatic carbocycles. The minimum absolute atomic E-state index is 0.258. The average Bonchev–Trinajstić information content (AvgIpc) is 3.41. The molecule has 34 heavy (non-hydrogen) atoms. The Bertz CT molecular complexity index is 1470. The van der Waals surface area contributed by atoms with Crippen LogP contribution in [0.5, 0.6) is 5.75 Å². The summed E-state index contributed by atoms with van der Waals surface area (Å²) in [4.78, 5) is 26.3. The van der Waals surface area contributed by atoms with Gasteiger partial charge in [-0.3, -0.25) is 15.1 Å². The lowest BCUT2D eigenvalue weighted by Crippen LogP contribution is -2.11. The number of carbonyl (C=O) groups excluding carboxylic acids is 1. The van der Waals surface area contributed by atoms with Crippen LogP contribution in [0.4, 0.5) is 10.9 Å². The summed E-state index contributed by atoms with van der Waals surface area (Å²) in [5.41, 5.74) is 5.27. The molecular weight excluding hydrogens is 450 g/mol. The molecule has 0 spiro atoms. The van der Waals surface area contributed by atoms with Gasteiger partial charge in [-0.15, -0.1) is 10.2 Å². The number of nitrogens with one attached hydrogen (secondary N) is 2. The molecule has 2 N–H and O–H groups in total. The van der Waals surface area contributed by atoms with E-state index in [1.807, 2.05) is 49.5 Å². The molecule has 0 saturated heterocycles. The number of hydrogen-bond acceptors (Lipinski definition) is 9. The van der Waals surface area contributed by atoms with Crippen LogP contribution in [0.1, 0.15) is 10.4 Å². The number of rotatable bonds is 6. The molecule has 0 aliphatic rings. The summed E-state index contributed by atoms with van der Waals surface area (Å²) in [5, 5.41) is 14.8. The number of anilines is 2. The molecule has 0 saturated carbocycles. The zero-order chi connectivity index (χ0) is 23.5. The molecule has 0 radical (unpaired) electrons. The lowest BCUT2D eigenvalue weighted by Gasteiger charge is -2.14. The van der Waals surface area contributed by atoms with Crippen molar-refractivity contribution in [3.63, 3.8) is 0 Å². The molecule has 3 aromatic heterocycles.